The van der Waals surface area contributed by atoms with Crippen molar-refractivity contribution in [3.05, 3.63) is 26.3 Å². The van der Waals surface area contributed by atoms with E-state index in [-0.39, 0.29) is 44.6 Å². The molecule has 366 valence electrons. The number of hydrogen-bond acceptors (Lipinski definition) is 7. The number of ether oxygens (including phenoxy) is 1. The molecule has 0 aromatic rings. The molecule has 0 spiro atoms. The number of methoxy groups -OCH3 is 1. The lowest BCUT2D eigenvalue weighted by Crippen LogP contribution is -2.68. The number of hydrogen-bond donors (Lipinski definition) is 0. The highest BCUT2D eigenvalue weighted by Gasteiger charge is 2.56. The van der Waals surface area contributed by atoms with E-state index in [1.54, 1.807) is 4.90 Å². The molecule has 1 amide bonds. The number of carbonyl (C=O) groups excluding carboxylic acids is 2. The van der Waals surface area contributed by atoms with Gasteiger partial charge < -0.3 is 26.1 Å². The van der Waals surface area contributed by atoms with Crippen LogP contribution < -0.4 is 0 Å². The van der Waals surface area contributed by atoms with Crippen LogP contribution in [0.25, 0.3) is 0 Å². The molecule has 9 unspecified atom stereocenters. The number of carbonyl (C=O) groups is 2. The molecule has 1 aliphatic rings. The molecule has 1 saturated heterocycles. The number of halogens is 10. The highest BCUT2D eigenvalue weighted by Crippen LogP contribution is 2.36. The van der Waals surface area contributed by atoms with Gasteiger partial charge in [0.25, 0.3) is 0 Å². The monoisotopic (exact) mass is 1130 g/mol. The molecule has 0 aromatic carbocycles. The van der Waals surface area contributed by atoms with Gasteiger partial charge in [-0.3, -0.25) is 9.59 Å². The van der Waals surface area contributed by atoms with Gasteiger partial charge in [0, 0.05) is 58.2 Å². The first kappa shape index (κ1) is 69.6. The Hall–Kier alpha value is 2.03. The Morgan fingerprint density at radius 2 is 1.02 bits per heavy atom. The van der Waals surface area contributed by atoms with Crippen molar-refractivity contribution >= 4 is 162 Å². The number of nitrogens with zero attached hydrogens (tertiary/aromatic N) is 1. The van der Waals surface area contributed by atoms with Gasteiger partial charge in [-0.1, -0.05) is 13.3 Å². The zero-order valence-corrected chi connectivity index (χ0v) is 49.5. The van der Waals surface area contributed by atoms with Gasteiger partial charge in [0.1, 0.15) is 5.88 Å². The van der Waals surface area contributed by atoms with E-state index in [2.05, 4.69) is 51.1 Å². The van der Waals surface area contributed by atoms with Crippen molar-refractivity contribution in [2.75, 3.05) is 48.8 Å². The molecule has 0 bridgehead atoms. The second kappa shape index (κ2) is 41.0. The number of amides is 1. The molecule has 1 rings (SSSR count). The largest absolute Gasteiger partial charge is 0.469 e. The van der Waals surface area contributed by atoms with Crippen LogP contribution in [0.15, 0.2) is 26.3 Å². The van der Waals surface area contributed by atoms with E-state index in [4.69, 9.17) is 132 Å². The summed E-state index contributed by atoms with van der Waals surface area (Å²) in [5.74, 6) is 1.02. The Kier molecular flexibility index (Phi) is 46.8. The van der Waals surface area contributed by atoms with Crippen molar-refractivity contribution in [3.63, 3.8) is 0 Å². The normalized spacial score (nSPS) is 24.6. The maximum Gasteiger partial charge on any atom is 0.332 e. The van der Waals surface area contributed by atoms with E-state index in [9.17, 15) is 9.59 Å². The fourth-order valence-electron chi connectivity index (χ4n) is 5.98. The van der Waals surface area contributed by atoms with Gasteiger partial charge in [0.05, 0.1) is 18.1 Å². The molecule has 0 aromatic heterocycles. The molecule has 1 heterocycles. The van der Waals surface area contributed by atoms with E-state index < -0.39 is 34.2 Å². The zero-order chi connectivity index (χ0) is 48.3. The summed E-state index contributed by atoms with van der Waals surface area (Å²) in [5.41, 5.74) is 0.644. The molecule has 0 saturated carbocycles. The van der Waals surface area contributed by atoms with Gasteiger partial charge in [-0.05, 0) is 110 Å². The Bertz CT molecular complexity index is 1070. The minimum atomic E-state index is -2.62. The van der Waals surface area contributed by atoms with Crippen LogP contribution >= 0.6 is 116 Å². The van der Waals surface area contributed by atoms with Gasteiger partial charge in [0.2, 0.25) is 5.91 Å². The molecule has 22 heteroatoms. The predicted octanol–water partition coefficient (Wildman–Crippen LogP) is 14.6. The maximum atomic E-state index is 11.1. The minimum absolute atomic E-state index is 0.0154. The molecule has 61 heavy (non-hydrogen) atoms. The SMILES string of the molecule is C=C.C=C.CCC(Cl)CC(Cl)CCCC(Cl)C(Cl)CCC(Cl)CCC(=O)OC.CCN(CC)C(=O)CCl.C[Si]1(CCl)O[Si](C)(CCl)O[Si](C)(CCCCl)O[Si](C)(CCCCl)O1. The van der Waals surface area contributed by atoms with Crippen LogP contribution in [0.2, 0.25) is 38.3 Å². The third kappa shape index (κ3) is 34.9. The van der Waals surface area contributed by atoms with Crippen LogP contribution in [-0.2, 0) is 30.8 Å². The Morgan fingerprint density at radius 1 is 0.590 bits per heavy atom. The minimum Gasteiger partial charge on any atom is -0.469 e. The van der Waals surface area contributed by atoms with E-state index in [0.717, 1.165) is 83.0 Å². The topological polar surface area (TPSA) is 83.5 Å². The summed E-state index contributed by atoms with van der Waals surface area (Å²) in [5, 5.41) is -0.0771. The summed E-state index contributed by atoms with van der Waals surface area (Å²) >= 11 is 60.8. The fraction of sp³-hybridized carbons (Fsp3) is 0.846. The molecule has 1 fully saturated rings. The summed E-state index contributed by atoms with van der Waals surface area (Å²) in [4.78, 5) is 23.5. The maximum absolute atomic E-state index is 11.1. The van der Waals surface area contributed by atoms with Crippen molar-refractivity contribution in [1.82, 2.24) is 4.90 Å². The summed E-state index contributed by atoms with van der Waals surface area (Å²) in [6.07, 6.45) is 8.48. The second-order valence-electron chi connectivity index (χ2n) is 14.6. The quantitative estimate of drug-likeness (QED) is 0.0390. The zero-order valence-electron chi connectivity index (χ0n) is 37.9. The molecule has 1 aliphatic heterocycles. The molecule has 9 atom stereocenters. The highest BCUT2D eigenvalue weighted by molar-refractivity contribution is 6.96. The van der Waals surface area contributed by atoms with Crippen molar-refractivity contribution in [1.29, 1.82) is 0 Å². The lowest BCUT2D eigenvalue weighted by Gasteiger charge is -2.49. The van der Waals surface area contributed by atoms with Crippen LogP contribution in [0.3, 0.4) is 0 Å². The number of alkyl halides is 10. The number of esters is 1. The van der Waals surface area contributed by atoms with Gasteiger partial charge in [-0.25, -0.2) is 0 Å². The summed E-state index contributed by atoms with van der Waals surface area (Å²) < 4.78 is 30.7. The molecule has 8 nitrogen and oxygen atoms in total. The fourth-order valence-corrected chi connectivity index (χ4v) is 31.2. The summed E-state index contributed by atoms with van der Waals surface area (Å²) in [6.45, 7) is 27.5. The Labute approximate surface area is 425 Å². The Morgan fingerprint density at radius 3 is 1.38 bits per heavy atom. The van der Waals surface area contributed by atoms with E-state index >= 15 is 0 Å². The third-order valence-corrected chi connectivity index (χ3v) is 32.4. The van der Waals surface area contributed by atoms with Crippen molar-refractivity contribution in [2.24, 2.45) is 0 Å². The first-order valence-electron chi connectivity index (χ1n) is 20.8. The van der Waals surface area contributed by atoms with Gasteiger partial charge in [-0.2, -0.15) is 0 Å². The second-order valence-corrected chi connectivity index (χ2v) is 34.1. The molecular weight excluding hydrogens is 1060 g/mol. The van der Waals surface area contributed by atoms with Gasteiger partial charge in [0.15, 0.2) is 0 Å². The van der Waals surface area contributed by atoms with Crippen molar-refractivity contribution < 1.29 is 30.8 Å². The summed E-state index contributed by atoms with van der Waals surface area (Å²) in [7, 11) is -8.90. The first-order valence-corrected chi connectivity index (χ1v) is 35.7. The average Bonchev–Trinajstić information content (AvgIpc) is 3.24. The van der Waals surface area contributed by atoms with Gasteiger partial charge in [-0.15, -0.1) is 142 Å². The van der Waals surface area contributed by atoms with Crippen LogP contribution in [0, 0.1) is 0 Å². The van der Waals surface area contributed by atoms with Crippen LogP contribution in [-0.4, -0.2) is 127 Å². The smallest absolute Gasteiger partial charge is 0.332 e. The average molecular weight is 1140 g/mol. The third-order valence-electron chi connectivity index (χ3n) is 8.96. The summed E-state index contributed by atoms with van der Waals surface area (Å²) in [6, 6.07) is 1.59. The molecular formula is C39H77Cl10NO7Si4. The number of rotatable bonds is 25. The highest BCUT2D eigenvalue weighted by atomic mass is 35.5. The standard InChI is InChI=1S/C17H29Cl5O2.C12H28Cl4O4Si4.C6H12ClNO.2C2H4/c1-3-12(18)11-14(20)5-4-6-15(21)16(22)9-7-13(19)8-10-17(23)24-2;1-21(9-5-7-13)17-22(2,10-6-8-14)19-24(4,12-16)20-23(3,11-15)18-21;1-3-8(4-2)6(9)5-7;2*1-2/h12-16H,3-11H2,1-2H3;5-12H2,1-4H3;3-5H2,1-2H3;2*1-2H2. The molecule has 0 N–H and O–H groups in total. The molecule has 0 aliphatic carbocycles. The van der Waals surface area contributed by atoms with Crippen LogP contribution in [0.4, 0.5) is 0 Å². The van der Waals surface area contributed by atoms with Crippen LogP contribution in [0.1, 0.15) is 91.4 Å². The van der Waals surface area contributed by atoms with Crippen LogP contribution in [0.5, 0.6) is 0 Å². The van der Waals surface area contributed by atoms with E-state index in [1.165, 1.54) is 7.11 Å². The van der Waals surface area contributed by atoms with E-state index in [1.807, 2.05) is 26.9 Å². The van der Waals surface area contributed by atoms with Gasteiger partial charge >= 0.3 is 40.2 Å². The van der Waals surface area contributed by atoms with Crippen molar-refractivity contribution in [2.45, 2.75) is 157 Å². The van der Waals surface area contributed by atoms with Crippen molar-refractivity contribution in [3.8, 4) is 0 Å². The van der Waals surface area contributed by atoms with E-state index in [0.29, 0.717) is 35.6 Å². The lowest BCUT2D eigenvalue weighted by atomic mass is 10.0. The lowest BCUT2D eigenvalue weighted by molar-refractivity contribution is -0.140. The molecule has 0 radical (unpaired) electrons. The first-order chi connectivity index (χ1) is 28.6. The predicted molar refractivity (Wildman–Crippen MR) is 281 cm³/mol. The Balaban J connectivity index is -0.000000416.